The van der Waals surface area contributed by atoms with Crippen molar-refractivity contribution in [3.05, 3.63) is 57.0 Å². The van der Waals surface area contributed by atoms with E-state index in [0.29, 0.717) is 21.5 Å². The summed E-state index contributed by atoms with van der Waals surface area (Å²) in [4.78, 5) is 15.8. The van der Waals surface area contributed by atoms with Gasteiger partial charge in [0.15, 0.2) is 0 Å². The topological polar surface area (TPSA) is 54.6 Å². The van der Waals surface area contributed by atoms with Gasteiger partial charge in [-0.2, -0.15) is 0 Å². The molecule has 0 unspecified atom stereocenters. The second-order valence-corrected chi connectivity index (χ2v) is 5.96. The van der Waals surface area contributed by atoms with E-state index >= 15 is 0 Å². The molecule has 112 valence electrons. The van der Waals surface area contributed by atoms with E-state index in [9.17, 15) is 14.3 Å². The van der Waals surface area contributed by atoms with Gasteiger partial charge in [-0.15, -0.1) is 0 Å². The number of hydrogen-bond acceptors (Lipinski definition) is 2. The summed E-state index contributed by atoms with van der Waals surface area (Å²) >= 11 is 9.23. The number of hydrogen-bond donors (Lipinski definition) is 1. The molecule has 3 rings (SSSR count). The maximum atomic E-state index is 13.6. The van der Waals surface area contributed by atoms with Crippen molar-refractivity contribution in [1.29, 1.82) is 0 Å². The lowest BCUT2D eigenvalue weighted by Gasteiger charge is -2.06. The minimum absolute atomic E-state index is 0.0529. The second-order valence-electron chi connectivity index (χ2n) is 4.81. The lowest BCUT2D eigenvalue weighted by molar-refractivity contribution is 0.0698. The molecule has 1 aromatic carbocycles. The van der Waals surface area contributed by atoms with Crippen molar-refractivity contribution in [2.45, 2.75) is 6.92 Å². The molecule has 2 heterocycles. The van der Waals surface area contributed by atoms with E-state index in [1.165, 1.54) is 18.2 Å². The first kappa shape index (κ1) is 15.0. The predicted molar refractivity (Wildman–Crippen MR) is 85.0 cm³/mol. The smallest absolute Gasteiger partial charge is 0.339 e. The van der Waals surface area contributed by atoms with Crippen molar-refractivity contribution in [3.8, 4) is 11.4 Å². The molecule has 0 atom stereocenters. The van der Waals surface area contributed by atoms with E-state index in [-0.39, 0.29) is 16.4 Å². The zero-order valence-corrected chi connectivity index (χ0v) is 13.6. The van der Waals surface area contributed by atoms with Gasteiger partial charge in [0.25, 0.3) is 0 Å². The molecule has 0 amide bonds. The molecular formula is C15H9BrClFN2O2. The van der Waals surface area contributed by atoms with Crippen molar-refractivity contribution in [2.75, 3.05) is 0 Å². The van der Waals surface area contributed by atoms with Crippen molar-refractivity contribution >= 4 is 39.0 Å². The van der Waals surface area contributed by atoms with Gasteiger partial charge >= 0.3 is 5.97 Å². The molecule has 1 N–H and O–H groups in total. The van der Waals surface area contributed by atoms with Crippen LogP contribution in [0, 0.1) is 12.7 Å². The Balaban J connectivity index is 2.38. The number of rotatable bonds is 2. The van der Waals surface area contributed by atoms with Crippen molar-refractivity contribution in [1.82, 2.24) is 9.38 Å². The third-order valence-corrected chi connectivity index (χ3v) is 4.10. The molecule has 4 nitrogen and oxygen atoms in total. The summed E-state index contributed by atoms with van der Waals surface area (Å²) in [6, 6.07) is 6.01. The number of halogens is 3. The number of benzene rings is 1. The monoisotopic (exact) mass is 382 g/mol. The van der Waals surface area contributed by atoms with Gasteiger partial charge in [0.05, 0.1) is 10.5 Å². The zero-order valence-electron chi connectivity index (χ0n) is 11.3. The summed E-state index contributed by atoms with van der Waals surface area (Å²) in [5.74, 6) is -1.10. The number of pyridine rings is 1. The fourth-order valence-corrected chi connectivity index (χ4v) is 3.17. The Kier molecular flexibility index (Phi) is 3.66. The molecule has 0 saturated carbocycles. The molecule has 3 aromatic rings. The number of imidazole rings is 1. The maximum absolute atomic E-state index is 13.6. The first-order valence-corrected chi connectivity index (χ1v) is 7.42. The molecule has 0 aliphatic rings. The second kappa shape index (κ2) is 5.37. The average molecular weight is 384 g/mol. The fraction of sp³-hybridized carbons (Fsp3) is 0.0667. The average Bonchev–Trinajstić information content (AvgIpc) is 2.74. The van der Waals surface area contributed by atoms with E-state index in [0.717, 1.165) is 5.56 Å². The van der Waals surface area contributed by atoms with Gasteiger partial charge in [0.1, 0.15) is 21.8 Å². The van der Waals surface area contributed by atoms with E-state index in [4.69, 9.17) is 11.6 Å². The molecule has 0 saturated heterocycles. The van der Waals surface area contributed by atoms with Crippen LogP contribution in [0.15, 0.2) is 35.1 Å². The molecule has 0 bridgehead atoms. The van der Waals surface area contributed by atoms with Crippen LogP contribution >= 0.6 is 27.5 Å². The Morgan fingerprint density at radius 2 is 2.14 bits per heavy atom. The van der Waals surface area contributed by atoms with Gasteiger partial charge in [0.2, 0.25) is 0 Å². The van der Waals surface area contributed by atoms with E-state index < -0.39 is 5.97 Å². The summed E-state index contributed by atoms with van der Waals surface area (Å²) in [6.07, 6.45) is 1.61. The van der Waals surface area contributed by atoms with Gasteiger partial charge in [-0.3, -0.25) is 4.40 Å². The number of fused-ring (bicyclic) bond motifs is 1. The molecule has 0 aliphatic heterocycles. The third-order valence-electron chi connectivity index (χ3n) is 3.23. The lowest BCUT2D eigenvalue weighted by Crippen LogP contribution is -2.02. The largest absolute Gasteiger partial charge is 0.478 e. The number of carboxylic acids is 1. The highest BCUT2D eigenvalue weighted by molar-refractivity contribution is 9.10. The van der Waals surface area contributed by atoms with Gasteiger partial charge < -0.3 is 5.11 Å². The first-order valence-electron chi connectivity index (χ1n) is 6.25. The molecule has 0 aliphatic carbocycles. The Morgan fingerprint density at radius 1 is 1.41 bits per heavy atom. The number of carbonyl (C=O) groups is 1. The van der Waals surface area contributed by atoms with Gasteiger partial charge in [-0.1, -0.05) is 11.6 Å². The van der Waals surface area contributed by atoms with Crippen LogP contribution in [-0.2, 0) is 0 Å². The van der Waals surface area contributed by atoms with Gasteiger partial charge in [-0.25, -0.2) is 14.2 Å². The Bertz CT molecular complexity index is 903. The predicted octanol–water partition coefficient (Wildman–Crippen LogP) is 4.56. The van der Waals surface area contributed by atoms with Crippen LogP contribution in [0.25, 0.3) is 16.9 Å². The van der Waals surface area contributed by atoms with E-state index in [1.54, 1.807) is 23.6 Å². The van der Waals surface area contributed by atoms with E-state index in [1.807, 2.05) is 0 Å². The van der Waals surface area contributed by atoms with E-state index in [2.05, 4.69) is 20.9 Å². The molecule has 0 radical (unpaired) electrons. The summed E-state index contributed by atoms with van der Waals surface area (Å²) in [6.45, 7) is 1.77. The first-order chi connectivity index (χ1) is 10.4. The summed E-state index contributed by atoms with van der Waals surface area (Å²) in [5.41, 5.74) is 1.58. The summed E-state index contributed by atoms with van der Waals surface area (Å²) in [7, 11) is 0. The Morgan fingerprint density at radius 3 is 2.77 bits per heavy atom. The Labute approximate surface area is 138 Å². The van der Waals surface area contributed by atoms with Crippen molar-refractivity contribution in [3.63, 3.8) is 0 Å². The van der Waals surface area contributed by atoms with Crippen LogP contribution < -0.4 is 0 Å². The molecule has 2 aromatic heterocycles. The normalized spacial score (nSPS) is 11.1. The highest BCUT2D eigenvalue weighted by atomic mass is 79.9. The summed E-state index contributed by atoms with van der Waals surface area (Å²) < 4.78 is 15.5. The number of nitrogens with zero attached hydrogens (tertiary/aromatic N) is 2. The molecule has 0 spiro atoms. The van der Waals surface area contributed by atoms with Gasteiger partial charge in [-0.05, 0) is 52.7 Å². The fourth-order valence-electron chi connectivity index (χ4n) is 2.38. The number of aromatic nitrogens is 2. The Hall–Kier alpha value is -1.92. The number of aromatic carboxylic acids is 1. The standard InChI is InChI=1S/C15H9BrClFN2O2/c1-7-4-8(6-9(18)5-7)14-19-13(16)12-11(15(21)22)10(17)2-3-20(12)14/h2-6H,1H3,(H,21,22). The quantitative estimate of drug-likeness (QED) is 0.705. The number of carboxylic acid groups (broad SMARTS) is 1. The SMILES string of the molecule is Cc1cc(F)cc(-c2nc(Br)c3c(C(=O)O)c(Cl)ccn23)c1. The minimum Gasteiger partial charge on any atom is -0.478 e. The van der Waals surface area contributed by atoms with Crippen LogP contribution in [0.4, 0.5) is 4.39 Å². The van der Waals surface area contributed by atoms with Crippen LogP contribution in [0.3, 0.4) is 0 Å². The molecule has 7 heteroatoms. The highest BCUT2D eigenvalue weighted by Gasteiger charge is 2.21. The highest BCUT2D eigenvalue weighted by Crippen LogP contribution is 2.32. The molecular weight excluding hydrogens is 375 g/mol. The molecule has 0 fully saturated rings. The zero-order chi connectivity index (χ0) is 16.0. The van der Waals surface area contributed by atoms with Crippen molar-refractivity contribution in [2.24, 2.45) is 0 Å². The van der Waals surface area contributed by atoms with Crippen LogP contribution in [0.1, 0.15) is 15.9 Å². The molecule has 22 heavy (non-hydrogen) atoms. The third kappa shape index (κ3) is 2.38. The number of aryl methyl sites for hydroxylation is 1. The van der Waals surface area contributed by atoms with Crippen LogP contribution in [0.2, 0.25) is 5.02 Å². The lowest BCUT2D eigenvalue weighted by atomic mass is 10.1. The van der Waals surface area contributed by atoms with Crippen LogP contribution in [0.5, 0.6) is 0 Å². The maximum Gasteiger partial charge on any atom is 0.339 e. The summed E-state index contributed by atoms with van der Waals surface area (Å²) in [5, 5.41) is 9.46. The van der Waals surface area contributed by atoms with Crippen LogP contribution in [-0.4, -0.2) is 20.5 Å². The minimum atomic E-state index is -1.15. The van der Waals surface area contributed by atoms with Crippen molar-refractivity contribution < 1.29 is 14.3 Å². The van der Waals surface area contributed by atoms with Gasteiger partial charge in [0, 0.05) is 11.8 Å².